The summed E-state index contributed by atoms with van der Waals surface area (Å²) in [6.07, 6.45) is -1.07. The maximum absolute atomic E-state index is 11.1. The lowest BCUT2D eigenvalue weighted by Crippen LogP contribution is -2.46. The number of ether oxygens (including phenoxy) is 1. The lowest BCUT2D eigenvalue weighted by atomic mass is 10.0. The molecule has 2 rings (SSSR count). The molecule has 6 heteroatoms. The zero-order valence-corrected chi connectivity index (χ0v) is 13.0. The number of rotatable bonds is 8. The zero-order valence-electron chi connectivity index (χ0n) is 13.0. The van der Waals surface area contributed by atoms with Crippen LogP contribution < -0.4 is 10.5 Å². The molecule has 0 heterocycles. The predicted octanol–water partition coefficient (Wildman–Crippen LogP) is 1.91. The minimum absolute atomic E-state index is 0.435. The van der Waals surface area contributed by atoms with Gasteiger partial charge in [-0.2, -0.15) is 0 Å². The number of carboxylic acid groups (broad SMARTS) is 2. The second-order valence-electron chi connectivity index (χ2n) is 5.39. The van der Waals surface area contributed by atoms with Crippen LogP contribution in [-0.4, -0.2) is 34.3 Å². The van der Waals surface area contributed by atoms with Gasteiger partial charge in [0, 0.05) is 6.42 Å². The molecule has 24 heavy (non-hydrogen) atoms. The van der Waals surface area contributed by atoms with E-state index in [4.69, 9.17) is 20.7 Å². The molecule has 0 saturated heterocycles. The molecule has 2 atom stereocenters. The van der Waals surface area contributed by atoms with E-state index in [1.54, 1.807) is 12.1 Å². The molecule has 0 amide bonds. The Bertz CT molecular complexity index is 702. The highest BCUT2D eigenvalue weighted by Crippen LogP contribution is 2.24. The Morgan fingerprint density at radius 1 is 1.00 bits per heavy atom. The van der Waals surface area contributed by atoms with Crippen LogP contribution in [-0.2, 0) is 16.0 Å². The number of hydrogen-bond acceptors (Lipinski definition) is 4. The van der Waals surface area contributed by atoms with E-state index in [-0.39, 0.29) is 0 Å². The van der Waals surface area contributed by atoms with Crippen molar-refractivity contribution in [1.82, 2.24) is 0 Å². The number of para-hydroxylation sites is 1. The van der Waals surface area contributed by atoms with Gasteiger partial charge in [0.05, 0.1) is 6.42 Å². The Labute approximate surface area is 139 Å². The summed E-state index contributed by atoms with van der Waals surface area (Å²) in [4.78, 5) is 22.1. The van der Waals surface area contributed by atoms with Crippen molar-refractivity contribution in [3.05, 3.63) is 65.7 Å². The van der Waals surface area contributed by atoms with Gasteiger partial charge in [-0.05, 0) is 17.2 Å². The van der Waals surface area contributed by atoms with Crippen molar-refractivity contribution >= 4 is 11.9 Å². The third kappa shape index (κ3) is 4.82. The fraction of sp³-hybridized carbons (Fsp3) is 0.222. The summed E-state index contributed by atoms with van der Waals surface area (Å²) in [5.74, 6) is -2.04. The standard InChI is InChI=1S/C18H19NO5/c19-17(18(22)23)15(11-16(20)21)24-14-9-5-4-8-13(14)10-12-6-2-1-3-7-12/h1-9,15,17H,10-11,19H2,(H,20,21)(H,22,23)/t15?,17-/m0/s1. The number of nitrogens with two attached hydrogens (primary N) is 1. The first-order valence-corrected chi connectivity index (χ1v) is 7.46. The highest BCUT2D eigenvalue weighted by Gasteiger charge is 2.29. The Kier molecular flexibility index (Phi) is 5.92. The molecule has 0 saturated carbocycles. The van der Waals surface area contributed by atoms with Crippen molar-refractivity contribution in [2.24, 2.45) is 5.73 Å². The molecule has 0 bridgehead atoms. The van der Waals surface area contributed by atoms with Gasteiger partial charge in [-0.3, -0.25) is 9.59 Å². The molecule has 0 aliphatic carbocycles. The summed E-state index contributed by atoms with van der Waals surface area (Å²) in [6, 6.07) is 15.4. The third-order valence-corrected chi connectivity index (χ3v) is 3.55. The van der Waals surface area contributed by atoms with E-state index in [0.29, 0.717) is 12.2 Å². The van der Waals surface area contributed by atoms with Crippen molar-refractivity contribution in [1.29, 1.82) is 0 Å². The average molecular weight is 329 g/mol. The maximum Gasteiger partial charge on any atom is 0.324 e. The minimum atomic E-state index is -1.43. The molecular formula is C18H19NO5. The van der Waals surface area contributed by atoms with Crippen LogP contribution in [0.1, 0.15) is 17.5 Å². The van der Waals surface area contributed by atoms with Gasteiger partial charge in [-0.25, -0.2) is 0 Å². The summed E-state index contributed by atoms with van der Waals surface area (Å²) in [6.45, 7) is 0. The highest BCUT2D eigenvalue weighted by molar-refractivity contribution is 5.76. The van der Waals surface area contributed by atoms with Crippen LogP contribution >= 0.6 is 0 Å². The smallest absolute Gasteiger partial charge is 0.324 e. The largest absolute Gasteiger partial charge is 0.487 e. The van der Waals surface area contributed by atoms with E-state index in [0.717, 1.165) is 11.1 Å². The van der Waals surface area contributed by atoms with Gasteiger partial charge in [0.15, 0.2) is 0 Å². The topological polar surface area (TPSA) is 110 Å². The van der Waals surface area contributed by atoms with E-state index in [9.17, 15) is 9.59 Å². The van der Waals surface area contributed by atoms with Gasteiger partial charge in [0.2, 0.25) is 0 Å². The molecule has 126 valence electrons. The van der Waals surface area contributed by atoms with Crippen LogP contribution in [0.15, 0.2) is 54.6 Å². The van der Waals surface area contributed by atoms with Crippen molar-refractivity contribution < 1.29 is 24.5 Å². The summed E-state index contributed by atoms with van der Waals surface area (Å²) in [7, 11) is 0. The number of benzene rings is 2. The van der Waals surface area contributed by atoms with Gasteiger partial charge >= 0.3 is 11.9 Å². The van der Waals surface area contributed by atoms with Gasteiger partial charge in [0.25, 0.3) is 0 Å². The van der Waals surface area contributed by atoms with Crippen LogP contribution in [0.3, 0.4) is 0 Å². The van der Waals surface area contributed by atoms with E-state index in [2.05, 4.69) is 0 Å². The van der Waals surface area contributed by atoms with Crippen LogP contribution in [0.2, 0.25) is 0 Å². The molecule has 0 aliphatic heterocycles. The maximum atomic E-state index is 11.1. The molecule has 0 fully saturated rings. The second kappa shape index (κ2) is 8.12. The number of aliphatic carboxylic acids is 2. The Balaban J connectivity index is 2.23. The normalized spacial score (nSPS) is 13.0. The molecule has 0 spiro atoms. The van der Waals surface area contributed by atoms with Crippen molar-refractivity contribution in [3.8, 4) is 5.75 Å². The quantitative estimate of drug-likeness (QED) is 0.682. The highest BCUT2D eigenvalue weighted by atomic mass is 16.5. The van der Waals surface area contributed by atoms with Gasteiger partial charge in [-0.15, -0.1) is 0 Å². The second-order valence-corrected chi connectivity index (χ2v) is 5.39. The Morgan fingerprint density at radius 3 is 2.25 bits per heavy atom. The summed E-state index contributed by atoms with van der Waals surface area (Å²) in [5, 5.41) is 18.0. The molecule has 2 aromatic rings. The average Bonchev–Trinajstić information content (AvgIpc) is 2.55. The van der Waals surface area contributed by atoms with Gasteiger partial charge in [0.1, 0.15) is 17.9 Å². The first kappa shape index (κ1) is 17.5. The summed E-state index contributed by atoms with van der Waals surface area (Å²) < 4.78 is 5.67. The number of carbonyl (C=O) groups is 2. The molecule has 0 aromatic heterocycles. The Hall–Kier alpha value is -2.86. The molecule has 4 N–H and O–H groups in total. The Morgan fingerprint density at radius 2 is 1.62 bits per heavy atom. The van der Waals surface area contributed by atoms with E-state index in [1.807, 2.05) is 42.5 Å². The van der Waals surface area contributed by atoms with E-state index in [1.165, 1.54) is 0 Å². The van der Waals surface area contributed by atoms with Crippen molar-refractivity contribution in [3.63, 3.8) is 0 Å². The molecule has 0 aliphatic rings. The lowest BCUT2D eigenvalue weighted by Gasteiger charge is -2.22. The number of carboxylic acids is 2. The fourth-order valence-electron chi connectivity index (χ4n) is 2.32. The SMILES string of the molecule is N[C@H](C(=O)O)C(CC(=O)O)Oc1ccccc1Cc1ccccc1. The molecular weight excluding hydrogens is 310 g/mol. The van der Waals surface area contributed by atoms with Crippen molar-refractivity contribution in [2.45, 2.75) is 25.0 Å². The van der Waals surface area contributed by atoms with Crippen LogP contribution in [0, 0.1) is 0 Å². The summed E-state index contributed by atoms with van der Waals surface area (Å²) >= 11 is 0. The fourth-order valence-corrected chi connectivity index (χ4v) is 2.32. The zero-order chi connectivity index (χ0) is 17.5. The predicted molar refractivity (Wildman–Crippen MR) is 88.0 cm³/mol. The molecule has 0 radical (unpaired) electrons. The van der Waals surface area contributed by atoms with Crippen LogP contribution in [0.25, 0.3) is 0 Å². The summed E-state index contributed by atoms with van der Waals surface area (Å²) in [5.41, 5.74) is 7.46. The number of hydrogen-bond donors (Lipinski definition) is 3. The van der Waals surface area contributed by atoms with E-state index >= 15 is 0 Å². The molecule has 2 aromatic carbocycles. The first-order valence-electron chi connectivity index (χ1n) is 7.46. The van der Waals surface area contributed by atoms with Crippen LogP contribution in [0.4, 0.5) is 0 Å². The minimum Gasteiger partial charge on any atom is -0.487 e. The van der Waals surface area contributed by atoms with Gasteiger partial charge in [-0.1, -0.05) is 48.5 Å². The van der Waals surface area contributed by atoms with Gasteiger partial charge < -0.3 is 20.7 Å². The van der Waals surface area contributed by atoms with Crippen LogP contribution in [0.5, 0.6) is 5.75 Å². The lowest BCUT2D eigenvalue weighted by molar-refractivity contribution is -0.143. The van der Waals surface area contributed by atoms with Crippen molar-refractivity contribution in [2.75, 3.05) is 0 Å². The molecule has 1 unspecified atom stereocenters. The van der Waals surface area contributed by atoms with E-state index < -0.39 is 30.5 Å². The first-order chi connectivity index (χ1) is 11.5. The molecule has 6 nitrogen and oxygen atoms in total. The monoisotopic (exact) mass is 329 g/mol. The third-order valence-electron chi connectivity index (χ3n) is 3.55.